The highest BCUT2D eigenvalue weighted by molar-refractivity contribution is 5.72. The second-order valence-corrected chi connectivity index (χ2v) is 7.98. The lowest BCUT2D eigenvalue weighted by molar-refractivity contribution is -0.148. The van der Waals surface area contributed by atoms with Crippen LogP contribution < -0.4 is 4.74 Å². The van der Waals surface area contributed by atoms with Crippen molar-refractivity contribution in [3.8, 4) is 5.75 Å². The normalized spacial score (nSPS) is 15.1. The maximum Gasteiger partial charge on any atom is 0.410 e. The van der Waals surface area contributed by atoms with Crippen LogP contribution in [-0.4, -0.2) is 68.0 Å². The highest BCUT2D eigenvalue weighted by atomic mass is 16.6. The Bertz CT molecular complexity index is 867. The number of pyridine rings is 1. The zero-order chi connectivity index (χ0) is 22.5. The Hall–Kier alpha value is -2.81. The van der Waals surface area contributed by atoms with Crippen LogP contribution in [0.3, 0.4) is 0 Å². The Balaban J connectivity index is 0.00000155. The number of ether oxygens (including phenoxy) is 2. The first-order valence-corrected chi connectivity index (χ1v) is 10.1. The van der Waals surface area contributed by atoms with Gasteiger partial charge < -0.3 is 29.0 Å². The molecule has 1 fully saturated rings. The van der Waals surface area contributed by atoms with E-state index in [4.69, 9.17) is 14.6 Å². The summed E-state index contributed by atoms with van der Waals surface area (Å²) >= 11 is 0. The minimum absolute atomic E-state index is 0.288. The number of hydrogen-bond donors (Lipinski definition) is 2. The van der Waals surface area contributed by atoms with Crippen LogP contribution in [0.15, 0.2) is 24.5 Å². The van der Waals surface area contributed by atoms with E-state index in [0.717, 1.165) is 17.8 Å². The number of hydrogen-bond acceptors (Lipinski definition) is 6. The van der Waals surface area contributed by atoms with E-state index in [1.54, 1.807) is 27.6 Å². The molecule has 0 aromatic carbocycles. The van der Waals surface area contributed by atoms with Gasteiger partial charge in [0.05, 0.1) is 11.9 Å². The third-order valence-corrected chi connectivity index (χ3v) is 4.27. The van der Waals surface area contributed by atoms with Crippen LogP contribution in [0.25, 0.3) is 5.65 Å². The fourth-order valence-corrected chi connectivity index (χ4v) is 2.92. The lowest BCUT2D eigenvalue weighted by atomic mass is 9.95. The summed E-state index contributed by atoms with van der Waals surface area (Å²) in [4.78, 5) is 28.9. The van der Waals surface area contributed by atoms with Crippen molar-refractivity contribution >= 4 is 17.7 Å². The molecule has 1 aliphatic rings. The van der Waals surface area contributed by atoms with Gasteiger partial charge in [-0.15, -0.1) is 0 Å². The Kier molecular flexibility index (Phi) is 7.66. The Morgan fingerprint density at radius 2 is 1.90 bits per heavy atom. The first-order chi connectivity index (χ1) is 14.1. The molecule has 30 heavy (non-hydrogen) atoms. The molecule has 9 heteroatoms. The molecule has 1 unspecified atom stereocenters. The van der Waals surface area contributed by atoms with Gasteiger partial charge in [-0.25, -0.2) is 14.6 Å². The van der Waals surface area contributed by atoms with Crippen molar-refractivity contribution in [1.82, 2.24) is 14.3 Å². The summed E-state index contributed by atoms with van der Waals surface area (Å²) in [7, 11) is 0. The summed E-state index contributed by atoms with van der Waals surface area (Å²) in [5.74, 6) is -0.553. The fraction of sp³-hybridized carbons (Fsp3) is 0.571. The molecule has 166 valence electrons. The van der Waals surface area contributed by atoms with Gasteiger partial charge in [0.15, 0.2) is 6.10 Å². The van der Waals surface area contributed by atoms with Gasteiger partial charge in [-0.2, -0.15) is 0 Å². The molecule has 3 heterocycles. The summed E-state index contributed by atoms with van der Waals surface area (Å²) < 4.78 is 12.5. The van der Waals surface area contributed by atoms with Gasteiger partial charge in [-0.3, -0.25) is 0 Å². The van der Waals surface area contributed by atoms with Gasteiger partial charge in [0, 0.05) is 19.3 Å². The number of amides is 1. The quantitative estimate of drug-likeness (QED) is 0.737. The number of rotatable bonds is 6. The molecule has 2 aromatic rings. The van der Waals surface area contributed by atoms with Crippen LogP contribution in [0.2, 0.25) is 0 Å². The molecule has 1 atom stereocenters. The summed E-state index contributed by atoms with van der Waals surface area (Å²) in [5.41, 5.74) is 1.14. The number of imidazole rings is 1. The third kappa shape index (κ3) is 6.35. The van der Waals surface area contributed by atoms with E-state index in [9.17, 15) is 14.7 Å². The van der Waals surface area contributed by atoms with Gasteiger partial charge in [0.25, 0.3) is 0 Å². The first kappa shape index (κ1) is 23.5. The van der Waals surface area contributed by atoms with Crippen molar-refractivity contribution in [3.63, 3.8) is 0 Å². The van der Waals surface area contributed by atoms with Crippen LogP contribution in [0, 0.1) is 5.92 Å². The van der Waals surface area contributed by atoms with Gasteiger partial charge >= 0.3 is 12.1 Å². The second kappa shape index (κ2) is 9.80. The number of carbonyl (C=O) groups excluding carboxylic acids is 1. The van der Waals surface area contributed by atoms with E-state index >= 15 is 0 Å². The maximum atomic E-state index is 12.0. The number of carbonyl (C=O) groups is 2. The Labute approximate surface area is 176 Å². The zero-order valence-corrected chi connectivity index (χ0v) is 18.2. The van der Waals surface area contributed by atoms with E-state index in [1.165, 1.54) is 0 Å². The highest BCUT2D eigenvalue weighted by Gasteiger charge is 2.34. The molecule has 2 N–H and O–H groups in total. The number of aliphatic hydroxyl groups is 1. The number of aromatic nitrogens is 2. The number of likely N-dealkylation sites (tertiary alicyclic amines) is 1. The third-order valence-electron chi connectivity index (χ3n) is 4.27. The second-order valence-electron chi connectivity index (χ2n) is 7.98. The lowest BCUT2D eigenvalue weighted by Gasteiger charge is -2.39. The van der Waals surface area contributed by atoms with Crippen molar-refractivity contribution in [1.29, 1.82) is 0 Å². The molecule has 0 bridgehead atoms. The van der Waals surface area contributed by atoms with Crippen molar-refractivity contribution in [2.75, 3.05) is 19.7 Å². The smallest absolute Gasteiger partial charge is 0.410 e. The molecule has 0 saturated carbocycles. The maximum absolute atomic E-state index is 12.0. The minimum Gasteiger partial charge on any atom is -0.489 e. The highest BCUT2D eigenvalue weighted by Crippen LogP contribution is 2.23. The number of carboxylic acid groups (broad SMARTS) is 1. The van der Waals surface area contributed by atoms with Crippen LogP contribution in [-0.2, 0) is 16.0 Å². The van der Waals surface area contributed by atoms with Crippen LogP contribution in [0.1, 0.15) is 40.3 Å². The summed E-state index contributed by atoms with van der Waals surface area (Å²) in [6, 6.07) is 3.44. The Morgan fingerprint density at radius 3 is 2.50 bits per heavy atom. The molecular formula is C21H31N3O6. The van der Waals surface area contributed by atoms with E-state index in [0.29, 0.717) is 24.8 Å². The predicted molar refractivity (Wildman–Crippen MR) is 111 cm³/mol. The molecule has 3 rings (SSSR count). The van der Waals surface area contributed by atoms with Crippen molar-refractivity contribution in [2.24, 2.45) is 5.92 Å². The zero-order valence-electron chi connectivity index (χ0n) is 18.2. The lowest BCUT2D eigenvalue weighted by Crippen LogP contribution is -2.52. The van der Waals surface area contributed by atoms with Crippen molar-refractivity contribution in [3.05, 3.63) is 30.2 Å². The van der Waals surface area contributed by atoms with E-state index in [2.05, 4.69) is 4.98 Å². The van der Waals surface area contributed by atoms with Crippen molar-refractivity contribution in [2.45, 2.75) is 52.7 Å². The van der Waals surface area contributed by atoms with Crippen LogP contribution in [0.5, 0.6) is 5.75 Å². The first-order valence-electron chi connectivity index (χ1n) is 10.1. The number of carboxylic acids is 1. The molecule has 1 saturated heterocycles. The minimum atomic E-state index is -1.57. The average molecular weight is 421 g/mol. The largest absolute Gasteiger partial charge is 0.489 e. The van der Waals surface area contributed by atoms with E-state index in [1.807, 2.05) is 40.8 Å². The molecule has 0 aliphatic carbocycles. The predicted octanol–water partition coefficient (Wildman–Crippen LogP) is 2.59. The van der Waals surface area contributed by atoms with Gasteiger partial charge in [-0.1, -0.05) is 13.8 Å². The average Bonchev–Trinajstić information content (AvgIpc) is 3.04. The molecule has 1 amide bonds. The standard InChI is InChI=1S/C19H25N3O6.C2H6/c1-19(2,3)28-18(26)22-7-12(8-22)6-13-9-21-10-14(4-5-16(21)20-13)27-11-15(23)17(24)25;1-2/h4-5,9-10,12,15,23H,6-8,11H2,1-3H3,(H,24,25);1-2H3. The van der Waals surface area contributed by atoms with Crippen LogP contribution >= 0.6 is 0 Å². The number of fused-ring (bicyclic) bond motifs is 1. The molecular weight excluding hydrogens is 390 g/mol. The monoisotopic (exact) mass is 421 g/mol. The van der Waals surface area contributed by atoms with Gasteiger partial charge in [0.1, 0.15) is 23.6 Å². The number of aliphatic hydroxyl groups excluding tert-OH is 1. The fourth-order valence-electron chi connectivity index (χ4n) is 2.92. The summed E-state index contributed by atoms with van der Waals surface area (Å²) in [6.45, 7) is 10.5. The topological polar surface area (TPSA) is 114 Å². The number of nitrogens with zero attached hydrogens (tertiary/aromatic N) is 3. The SMILES string of the molecule is CC.CC(C)(C)OC(=O)N1CC(Cc2cn3cc(OCC(O)C(=O)O)ccc3n2)C1. The molecule has 9 nitrogen and oxygen atoms in total. The summed E-state index contributed by atoms with van der Waals surface area (Å²) in [5, 5.41) is 18.0. The van der Waals surface area contributed by atoms with E-state index in [-0.39, 0.29) is 12.7 Å². The molecule has 0 radical (unpaired) electrons. The van der Waals surface area contributed by atoms with Crippen LogP contribution in [0.4, 0.5) is 4.79 Å². The molecule has 2 aromatic heterocycles. The number of aliphatic carboxylic acids is 1. The Morgan fingerprint density at radius 1 is 1.23 bits per heavy atom. The van der Waals surface area contributed by atoms with Crippen molar-refractivity contribution < 1.29 is 29.3 Å². The van der Waals surface area contributed by atoms with Gasteiger partial charge in [-0.05, 0) is 45.2 Å². The molecule has 0 spiro atoms. The van der Waals surface area contributed by atoms with Gasteiger partial charge in [0.2, 0.25) is 0 Å². The molecule has 1 aliphatic heterocycles. The van der Waals surface area contributed by atoms with E-state index < -0.39 is 17.7 Å². The summed E-state index contributed by atoms with van der Waals surface area (Å²) in [6.07, 6.45) is 2.46.